The number of esters is 3. The molecule has 3 atom stereocenters. The molecule has 0 radical (unpaired) electrons. The summed E-state index contributed by atoms with van der Waals surface area (Å²) in [5, 5.41) is 0. The third-order valence-electron chi connectivity index (χ3n) is 4.79. The first-order chi connectivity index (χ1) is 16.6. The van der Waals surface area contributed by atoms with Crippen LogP contribution in [0.3, 0.4) is 0 Å². The van der Waals surface area contributed by atoms with Gasteiger partial charge in [0.1, 0.15) is 18.2 Å². The molecule has 35 heavy (non-hydrogen) atoms. The molecule has 0 aliphatic heterocycles. The number of nitrogens with two attached hydrogens (primary N) is 1. The van der Waals surface area contributed by atoms with Crippen molar-refractivity contribution in [3.05, 3.63) is 23.8 Å². The maximum atomic E-state index is 12.5. The Labute approximate surface area is 206 Å². The lowest BCUT2D eigenvalue weighted by Gasteiger charge is -2.22. The molecule has 0 amide bonds. The molecule has 0 aromatic heterocycles. The van der Waals surface area contributed by atoms with Crippen molar-refractivity contribution < 1.29 is 42.9 Å². The topological polar surface area (TPSA) is 140 Å². The highest BCUT2D eigenvalue weighted by atomic mass is 16.7. The number of hydrogen-bond acceptors (Lipinski definition) is 10. The molecule has 0 spiro atoms. The lowest BCUT2D eigenvalue weighted by molar-refractivity contribution is -0.155. The lowest BCUT2D eigenvalue weighted by atomic mass is 10.1. The van der Waals surface area contributed by atoms with E-state index in [9.17, 15) is 19.2 Å². The molecule has 0 unspecified atom stereocenters. The van der Waals surface area contributed by atoms with Crippen LogP contribution in [0.1, 0.15) is 72.3 Å². The minimum Gasteiger partial charge on any atom is -0.458 e. The zero-order valence-corrected chi connectivity index (χ0v) is 21.2. The van der Waals surface area contributed by atoms with Gasteiger partial charge in [-0.3, -0.25) is 14.4 Å². The molecular weight excluding hydrogens is 458 g/mol. The highest BCUT2D eigenvalue weighted by molar-refractivity contribution is 5.77. The van der Waals surface area contributed by atoms with Gasteiger partial charge in [0, 0.05) is 12.8 Å². The molecule has 10 heteroatoms. The predicted octanol–water partition coefficient (Wildman–Crippen LogP) is 3.85. The van der Waals surface area contributed by atoms with E-state index in [1.54, 1.807) is 19.9 Å². The highest BCUT2D eigenvalue weighted by Gasteiger charge is 2.25. The van der Waals surface area contributed by atoms with Crippen molar-refractivity contribution in [1.82, 2.24) is 0 Å². The number of hydrogen-bond donors (Lipinski definition) is 1. The predicted molar refractivity (Wildman–Crippen MR) is 127 cm³/mol. The minimum atomic E-state index is -1.04. The van der Waals surface area contributed by atoms with Gasteiger partial charge in [-0.05, 0) is 57.2 Å². The second-order valence-corrected chi connectivity index (χ2v) is 8.10. The molecule has 0 saturated carbocycles. The van der Waals surface area contributed by atoms with Crippen LogP contribution in [-0.2, 0) is 35.0 Å². The molecule has 0 fully saturated rings. The molecule has 1 rings (SSSR count). The van der Waals surface area contributed by atoms with E-state index in [4.69, 9.17) is 29.4 Å². The standard InChI is InChI=1S/C25H37NO9/c1-6-9-22(27)34-20-12-11-18(15-21(20)35-23(28)10-7-2)14-19(26)24(29)32-16(4)17(5)33-25(30)31-13-8-3/h11-12,15-17,19H,6-10,13-14,26H2,1-5H3/t16-,17-,19-/m0/s1. The molecule has 0 bridgehead atoms. The minimum absolute atomic E-state index is 0.0703. The van der Waals surface area contributed by atoms with Crippen molar-refractivity contribution in [2.24, 2.45) is 5.73 Å². The summed E-state index contributed by atoms with van der Waals surface area (Å²) in [5.74, 6) is -1.43. The highest BCUT2D eigenvalue weighted by Crippen LogP contribution is 2.30. The van der Waals surface area contributed by atoms with Gasteiger partial charge in [0.15, 0.2) is 11.5 Å². The average molecular weight is 496 g/mol. The monoisotopic (exact) mass is 495 g/mol. The van der Waals surface area contributed by atoms with Crippen LogP contribution in [-0.4, -0.2) is 48.9 Å². The van der Waals surface area contributed by atoms with Crippen LogP contribution in [0.25, 0.3) is 0 Å². The van der Waals surface area contributed by atoms with E-state index in [0.717, 1.165) is 0 Å². The molecule has 0 aliphatic carbocycles. The van der Waals surface area contributed by atoms with Crippen LogP contribution in [0.2, 0.25) is 0 Å². The van der Waals surface area contributed by atoms with Gasteiger partial charge in [0.2, 0.25) is 0 Å². The van der Waals surface area contributed by atoms with E-state index in [1.165, 1.54) is 12.1 Å². The van der Waals surface area contributed by atoms with Crippen LogP contribution >= 0.6 is 0 Å². The first-order valence-electron chi connectivity index (χ1n) is 11.9. The Morgan fingerprint density at radius 2 is 1.40 bits per heavy atom. The van der Waals surface area contributed by atoms with Crippen LogP contribution in [0.15, 0.2) is 18.2 Å². The summed E-state index contributed by atoms with van der Waals surface area (Å²) in [7, 11) is 0. The van der Waals surface area contributed by atoms with Gasteiger partial charge < -0.3 is 29.4 Å². The second-order valence-electron chi connectivity index (χ2n) is 8.10. The Kier molecular flexibility index (Phi) is 13.4. The Morgan fingerprint density at radius 3 is 1.97 bits per heavy atom. The maximum Gasteiger partial charge on any atom is 0.508 e. The number of rotatable bonds is 14. The second kappa shape index (κ2) is 15.7. The molecule has 10 nitrogen and oxygen atoms in total. The first kappa shape index (κ1) is 29.9. The van der Waals surface area contributed by atoms with Gasteiger partial charge >= 0.3 is 24.1 Å². The van der Waals surface area contributed by atoms with Gasteiger partial charge in [-0.25, -0.2) is 4.79 Å². The van der Waals surface area contributed by atoms with Crippen molar-refractivity contribution in [3.8, 4) is 11.5 Å². The fourth-order valence-corrected chi connectivity index (χ4v) is 2.77. The largest absolute Gasteiger partial charge is 0.508 e. The molecule has 0 heterocycles. The summed E-state index contributed by atoms with van der Waals surface area (Å²) >= 11 is 0. The van der Waals surface area contributed by atoms with E-state index >= 15 is 0 Å². The fraction of sp³-hybridized carbons (Fsp3) is 0.600. The van der Waals surface area contributed by atoms with Crippen molar-refractivity contribution in [2.45, 2.75) is 91.4 Å². The number of ether oxygens (including phenoxy) is 5. The third-order valence-corrected chi connectivity index (χ3v) is 4.79. The Balaban J connectivity index is 2.83. The van der Waals surface area contributed by atoms with Crippen LogP contribution in [0.4, 0.5) is 4.79 Å². The zero-order chi connectivity index (χ0) is 26.4. The summed E-state index contributed by atoms with van der Waals surface area (Å²) in [5.41, 5.74) is 6.60. The van der Waals surface area contributed by atoms with Crippen LogP contribution < -0.4 is 15.2 Å². The van der Waals surface area contributed by atoms with Crippen LogP contribution in [0, 0.1) is 0 Å². The summed E-state index contributed by atoms with van der Waals surface area (Å²) in [6, 6.07) is 3.59. The Bertz CT molecular complexity index is 855. The van der Waals surface area contributed by atoms with E-state index in [0.29, 0.717) is 24.8 Å². The molecular formula is C25H37NO9. The maximum absolute atomic E-state index is 12.5. The van der Waals surface area contributed by atoms with Gasteiger partial charge in [-0.1, -0.05) is 26.8 Å². The van der Waals surface area contributed by atoms with Gasteiger partial charge in [-0.15, -0.1) is 0 Å². The average Bonchev–Trinajstić information content (AvgIpc) is 2.79. The van der Waals surface area contributed by atoms with Gasteiger partial charge in [-0.2, -0.15) is 0 Å². The molecule has 196 valence electrons. The third kappa shape index (κ3) is 11.2. The van der Waals surface area contributed by atoms with Crippen molar-refractivity contribution in [1.29, 1.82) is 0 Å². The summed E-state index contributed by atoms with van der Waals surface area (Å²) < 4.78 is 26.0. The van der Waals surface area contributed by atoms with Crippen molar-refractivity contribution in [2.75, 3.05) is 6.61 Å². The fourth-order valence-electron chi connectivity index (χ4n) is 2.77. The molecule has 0 saturated heterocycles. The van der Waals surface area contributed by atoms with Crippen molar-refractivity contribution >= 4 is 24.1 Å². The Hall–Kier alpha value is -3.14. The first-order valence-corrected chi connectivity index (χ1v) is 11.9. The quantitative estimate of drug-likeness (QED) is 0.299. The summed E-state index contributed by atoms with van der Waals surface area (Å²) in [6.07, 6.45) is 0.0190. The van der Waals surface area contributed by atoms with E-state index in [-0.39, 0.29) is 37.4 Å². The molecule has 1 aromatic carbocycles. The van der Waals surface area contributed by atoms with E-state index in [2.05, 4.69) is 0 Å². The van der Waals surface area contributed by atoms with Crippen LogP contribution in [0.5, 0.6) is 11.5 Å². The van der Waals surface area contributed by atoms with Gasteiger partial charge in [0.25, 0.3) is 0 Å². The lowest BCUT2D eigenvalue weighted by Crippen LogP contribution is -2.39. The molecule has 1 aromatic rings. The van der Waals surface area contributed by atoms with E-state index in [1.807, 2.05) is 20.8 Å². The van der Waals surface area contributed by atoms with E-state index < -0.39 is 42.3 Å². The van der Waals surface area contributed by atoms with Gasteiger partial charge in [0.05, 0.1) is 6.61 Å². The zero-order valence-electron chi connectivity index (χ0n) is 21.2. The summed E-state index contributed by atoms with van der Waals surface area (Å²) in [4.78, 5) is 48.0. The van der Waals surface area contributed by atoms with Crippen molar-refractivity contribution in [3.63, 3.8) is 0 Å². The normalized spacial score (nSPS) is 13.2. The number of benzene rings is 1. The SMILES string of the molecule is CCCOC(=O)O[C@@H](C)[C@H](C)OC(=O)[C@@H](N)Cc1ccc(OC(=O)CCC)c(OC(=O)CCC)c1. The Morgan fingerprint density at radius 1 is 0.829 bits per heavy atom. The molecule has 0 aliphatic rings. The molecule has 2 N–H and O–H groups in total. The smallest absolute Gasteiger partial charge is 0.458 e. The number of carbonyl (C=O) groups excluding carboxylic acids is 4. The summed E-state index contributed by atoms with van der Waals surface area (Å²) in [6.45, 7) is 8.92. The number of carbonyl (C=O) groups is 4.